The van der Waals surface area contributed by atoms with E-state index in [2.05, 4.69) is 37.4 Å². The molecule has 0 spiro atoms. The fraction of sp³-hybridized carbons (Fsp3) is 0.273. The summed E-state index contributed by atoms with van der Waals surface area (Å²) in [5, 5.41) is 12.3. The topological polar surface area (TPSA) is 81.1 Å². The first kappa shape index (κ1) is 18.6. The molecule has 3 heterocycles. The molecule has 1 aliphatic heterocycles. The Morgan fingerprint density at radius 1 is 1.10 bits per heavy atom. The van der Waals surface area contributed by atoms with E-state index >= 15 is 0 Å². The van der Waals surface area contributed by atoms with Crippen LogP contribution < -0.4 is 0 Å². The molecule has 1 atom stereocenters. The second-order valence-electron chi connectivity index (χ2n) is 7.53. The van der Waals surface area contributed by atoms with Crippen LogP contribution in [0.15, 0.2) is 51.4 Å². The number of hydrogen-bond acceptors (Lipinski definition) is 7. The number of nitrogens with zero attached hydrogens (tertiary/aromatic N) is 5. The third-order valence-electron chi connectivity index (χ3n) is 5.41. The van der Waals surface area contributed by atoms with Crippen LogP contribution in [0.3, 0.4) is 0 Å². The molecule has 2 aromatic heterocycles. The van der Waals surface area contributed by atoms with Gasteiger partial charge in [-0.2, -0.15) is 4.98 Å². The molecule has 1 unspecified atom stereocenters. The molecule has 0 radical (unpaired) electrons. The Morgan fingerprint density at radius 2 is 1.93 bits per heavy atom. The molecular weight excluding hydrogens is 385 g/mol. The number of fused-ring (bicyclic) bond motifs is 1. The van der Waals surface area contributed by atoms with Crippen molar-refractivity contribution < 1.29 is 13.3 Å². The summed E-state index contributed by atoms with van der Waals surface area (Å²) in [6, 6.07) is 13.1. The van der Waals surface area contributed by atoms with E-state index in [1.807, 2.05) is 12.1 Å². The molecule has 0 aliphatic carbocycles. The number of halogens is 1. The molecule has 0 saturated heterocycles. The lowest BCUT2D eigenvalue weighted by molar-refractivity contribution is 0.121. The first-order valence-corrected chi connectivity index (χ1v) is 9.77. The van der Waals surface area contributed by atoms with E-state index in [4.69, 9.17) is 8.94 Å². The Bertz CT molecular complexity index is 1200. The van der Waals surface area contributed by atoms with Crippen molar-refractivity contribution in [3.8, 4) is 11.4 Å². The molecule has 152 valence electrons. The largest absolute Gasteiger partial charge is 0.424 e. The Kier molecular flexibility index (Phi) is 4.63. The highest BCUT2D eigenvalue weighted by atomic mass is 19.1. The zero-order chi connectivity index (χ0) is 20.7. The standard InChI is InChI=1S/C22H20FN5O2/c1-13-7-8-16(9-18(13)23)21-24-20(30-27-21)12-28-11-17-6-4-3-5-15(17)10-19(28)22-26-25-14(2)29-22/h3-9,19H,10-12H2,1-2H3. The molecule has 0 saturated carbocycles. The predicted octanol–water partition coefficient (Wildman–Crippen LogP) is 4.18. The minimum atomic E-state index is -0.293. The average molecular weight is 405 g/mol. The van der Waals surface area contributed by atoms with Crippen molar-refractivity contribution in [1.82, 2.24) is 25.2 Å². The van der Waals surface area contributed by atoms with E-state index in [9.17, 15) is 4.39 Å². The maximum Gasteiger partial charge on any atom is 0.241 e. The SMILES string of the molecule is Cc1nnc(C2Cc3ccccc3CN2Cc2nc(-c3ccc(C)c(F)c3)no2)o1. The molecular formula is C22H20FN5O2. The molecule has 7 nitrogen and oxygen atoms in total. The van der Waals surface area contributed by atoms with Crippen molar-refractivity contribution >= 4 is 0 Å². The molecule has 30 heavy (non-hydrogen) atoms. The zero-order valence-corrected chi connectivity index (χ0v) is 16.7. The van der Waals surface area contributed by atoms with Crippen molar-refractivity contribution in [1.29, 1.82) is 0 Å². The van der Waals surface area contributed by atoms with Gasteiger partial charge in [0.15, 0.2) is 0 Å². The fourth-order valence-corrected chi connectivity index (χ4v) is 3.78. The van der Waals surface area contributed by atoms with E-state index < -0.39 is 0 Å². The molecule has 4 aromatic rings. The first-order valence-electron chi connectivity index (χ1n) is 9.77. The Balaban J connectivity index is 1.43. The molecule has 0 amide bonds. The highest BCUT2D eigenvalue weighted by Crippen LogP contribution is 2.34. The van der Waals surface area contributed by atoms with Crippen LogP contribution >= 0.6 is 0 Å². The van der Waals surface area contributed by atoms with Gasteiger partial charge in [0.2, 0.25) is 23.5 Å². The number of aryl methyl sites for hydroxylation is 2. The van der Waals surface area contributed by atoms with E-state index in [-0.39, 0.29) is 11.9 Å². The fourth-order valence-electron chi connectivity index (χ4n) is 3.78. The highest BCUT2D eigenvalue weighted by molar-refractivity contribution is 5.54. The lowest BCUT2D eigenvalue weighted by Gasteiger charge is -2.33. The third kappa shape index (κ3) is 3.50. The second-order valence-corrected chi connectivity index (χ2v) is 7.53. The maximum absolute atomic E-state index is 13.9. The lowest BCUT2D eigenvalue weighted by atomic mass is 9.94. The van der Waals surface area contributed by atoms with Gasteiger partial charge in [0.25, 0.3) is 0 Å². The molecule has 8 heteroatoms. The smallest absolute Gasteiger partial charge is 0.241 e. The van der Waals surface area contributed by atoms with E-state index in [1.165, 1.54) is 17.2 Å². The van der Waals surface area contributed by atoms with Crippen molar-refractivity contribution in [3.05, 3.63) is 82.6 Å². The summed E-state index contributed by atoms with van der Waals surface area (Å²) in [7, 11) is 0. The van der Waals surface area contributed by atoms with Gasteiger partial charge in [0.05, 0.1) is 12.6 Å². The second kappa shape index (κ2) is 7.46. The molecule has 0 N–H and O–H groups in total. The number of hydrogen-bond donors (Lipinski definition) is 0. The summed E-state index contributed by atoms with van der Waals surface area (Å²) in [5.41, 5.74) is 3.66. The van der Waals surface area contributed by atoms with Gasteiger partial charge in [-0.05, 0) is 36.1 Å². The predicted molar refractivity (Wildman–Crippen MR) is 106 cm³/mol. The van der Waals surface area contributed by atoms with Gasteiger partial charge >= 0.3 is 0 Å². The quantitative estimate of drug-likeness (QED) is 0.504. The van der Waals surface area contributed by atoms with Crippen molar-refractivity contribution in [2.24, 2.45) is 0 Å². The van der Waals surface area contributed by atoms with Gasteiger partial charge in [0.1, 0.15) is 5.82 Å². The van der Waals surface area contributed by atoms with Crippen LogP contribution in [0.25, 0.3) is 11.4 Å². The molecule has 1 aliphatic rings. The van der Waals surface area contributed by atoms with Gasteiger partial charge < -0.3 is 8.94 Å². The Hall–Kier alpha value is -3.39. The van der Waals surface area contributed by atoms with E-state index in [0.29, 0.717) is 47.7 Å². The normalized spacial score (nSPS) is 16.6. The summed E-state index contributed by atoms with van der Waals surface area (Å²) in [6.07, 6.45) is 0.752. The third-order valence-corrected chi connectivity index (χ3v) is 5.41. The minimum absolute atomic E-state index is 0.0896. The number of benzene rings is 2. The van der Waals surface area contributed by atoms with Crippen molar-refractivity contribution in [2.75, 3.05) is 0 Å². The molecule has 0 fully saturated rings. The Labute approximate surface area is 172 Å². The molecule has 2 aromatic carbocycles. The van der Waals surface area contributed by atoms with Crippen LogP contribution in [0.5, 0.6) is 0 Å². The molecule has 0 bridgehead atoms. The maximum atomic E-state index is 13.9. The first-order chi connectivity index (χ1) is 14.6. The van der Waals surface area contributed by atoms with Crippen LogP contribution in [0.2, 0.25) is 0 Å². The summed E-state index contributed by atoms with van der Waals surface area (Å²) < 4.78 is 25.1. The van der Waals surface area contributed by atoms with Gasteiger partial charge in [-0.25, -0.2) is 4.39 Å². The Morgan fingerprint density at radius 3 is 2.70 bits per heavy atom. The van der Waals surface area contributed by atoms with E-state index in [1.54, 1.807) is 26.0 Å². The minimum Gasteiger partial charge on any atom is -0.424 e. The summed E-state index contributed by atoms with van der Waals surface area (Å²) >= 11 is 0. The van der Waals surface area contributed by atoms with Crippen molar-refractivity contribution in [2.45, 2.75) is 39.4 Å². The van der Waals surface area contributed by atoms with Gasteiger partial charge in [-0.15, -0.1) is 10.2 Å². The van der Waals surface area contributed by atoms with Gasteiger partial charge in [0, 0.05) is 19.0 Å². The highest BCUT2D eigenvalue weighted by Gasteiger charge is 2.32. The number of rotatable bonds is 4. The van der Waals surface area contributed by atoms with Crippen molar-refractivity contribution in [3.63, 3.8) is 0 Å². The monoisotopic (exact) mass is 405 g/mol. The van der Waals surface area contributed by atoms with Gasteiger partial charge in [-0.3, -0.25) is 4.90 Å². The van der Waals surface area contributed by atoms with Gasteiger partial charge in [-0.1, -0.05) is 41.6 Å². The molecule has 5 rings (SSSR count). The van der Waals surface area contributed by atoms with Crippen LogP contribution in [0, 0.1) is 19.7 Å². The van der Waals surface area contributed by atoms with Crippen LogP contribution in [-0.2, 0) is 19.5 Å². The van der Waals surface area contributed by atoms with Crippen LogP contribution in [-0.4, -0.2) is 25.2 Å². The zero-order valence-electron chi connectivity index (χ0n) is 16.7. The lowest BCUT2D eigenvalue weighted by Crippen LogP contribution is -2.34. The van der Waals surface area contributed by atoms with Crippen LogP contribution in [0.1, 0.15) is 40.4 Å². The summed E-state index contributed by atoms with van der Waals surface area (Å²) in [4.78, 5) is 6.66. The number of aromatic nitrogens is 4. The summed E-state index contributed by atoms with van der Waals surface area (Å²) in [6.45, 7) is 4.61. The van der Waals surface area contributed by atoms with Crippen LogP contribution in [0.4, 0.5) is 4.39 Å². The summed E-state index contributed by atoms with van der Waals surface area (Å²) in [5.74, 6) is 1.63. The van der Waals surface area contributed by atoms with E-state index in [0.717, 1.165) is 6.42 Å². The average Bonchev–Trinajstić information content (AvgIpc) is 3.39.